The number of Topliss-reactive ketones (excluding diaryl/α,β-unsaturated/α-hetero) is 1. The maximum absolute atomic E-state index is 12.1. The highest BCUT2D eigenvalue weighted by Gasteiger charge is 2.42. The second-order valence-corrected chi connectivity index (χ2v) is 4.92. The van der Waals surface area contributed by atoms with E-state index in [9.17, 15) is 4.79 Å². The first-order chi connectivity index (χ1) is 7.34. The normalized spacial score (nSPS) is 12.9. The Morgan fingerprint density at radius 1 is 1.19 bits per heavy atom. The zero-order valence-corrected chi connectivity index (χ0v) is 10.7. The third-order valence-corrected chi connectivity index (χ3v) is 2.75. The zero-order chi connectivity index (χ0) is 12.8. The molecule has 0 saturated heterocycles. The largest absolute Gasteiger partial charge is 0.395 e. The van der Waals surface area contributed by atoms with Gasteiger partial charge in [-0.25, -0.2) is 0 Å². The van der Waals surface area contributed by atoms with E-state index in [4.69, 9.17) is 14.9 Å². The van der Waals surface area contributed by atoms with Gasteiger partial charge in [-0.15, -0.1) is 0 Å². The van der Waals surface area contributed by atoms with Crippen LogP contribution in [0.5, 0.6) is 0 Å². The molecule has 0 bridgehead atoms. The first-order valence-corrected chi connectivity index (χ1v) is 5.74. The van der Waals surface area contributed by atoms with Crippen LogP contribution in [0.2, 0.25) is 0 Å². The molecule has 0 aliphatic heterocycles. The Morgan fingerprint density at radius 2 is 1.69 bits per heavy atom. The van der Waals surface area contributed by atoms with Crippen molar-refractivity contribution in [2.24, 2.45) is 5.41 Å². The molecule has 0 spiro atoms. The molecule has 0 aromatic heterocycles. The molecule has 0 radical (unpaired) electrons. The number of ether oxygens (including phenoxy) is 1. The molecule has 0 aliphatic rings. The van der Waals surface area contributed by atoms with Crippen LogP contribution in [-0.2, 0) is 9.53 Å². The Kier molecular flexibility index (Phi) is 6.15. The smallest absolute Gasteiger partial charge is 0.174 e. The van der Waals surface area contributed by atoms with Crippen molar-refractivity contribution in [2.45, 2.75) is 46.1 Å². The minimum atomic E-state index is -1.13. The predicted molar refractivity (Wildman–Crippen MR) is 62.2 cm³/mol. The minimum Gasteiger partial charge on any atom is -0.395 e. The van der Waals surface area contributed by atoms with E-state index < -0.39 is 11.0 Å². The summed E-state index contributed by atoms with van der Waals surface area (Å²) in [5.74, 6) is -0.263. The van der Waals surface area contributed by atoms with Gasteiger partial charge >= 0.3 is 0 Å². The highest BCUT2D eigenvalue weighted by molar-refractivity contribution is 5.91. The lowest BCUT2D eigenvalue weighted by atomic mass is 9.79. The number of aliphatic hydroxyl groups excluding tert-OH is 2. The molecule has 96 valence electrons. The van der Waals surface area contributed by atoms with Crippen LogP contribution in [0.1, 0.15) is 40.5 Å². The molecule has 0 unspecified atom stereocenters. The first kappa shape index (κ1) is 15.6. The molecule has 4 nitrogen and oxygen atoms in total. The highest BCUT2D eigenvalue weighted by atomic mass is 16.5. The van der Waals surface area contributed by atoms with Crippen molar-refractivity contribution in [3.8, 4) is 0 Å². The standard InChI is InChI=1S/C12H24O4/c1-5-6-7-16-11(2,3)10(15)12(4,8-13)9-14/h13-14H,5-9H2,1-4H3. The van der Waals surface area contributed by atoms with Crippen molar-refractivity contribution in [3.63, 3.8) is 0 Å². The van der Waals surface area contributed by atoms with Crippen molar-refractivity contribution in [2.75, 3.05) is 19.8 Å². The average Bonchev–Trinajstić information content (AvgIpc) is 2.27. The van der Waals surface area contributed by atoms with E-state index in [1.807, 2.05) is 6.92 Å². The molecule has 0 rings (SSSR count). The number of rotatable bonds is 8. The highest BCUT2D eigenvalue weighted by Crippen LogP contribution is 2.26. The fourth-order valence-electron chi connectivity index (χ4n) is 1.46. The van der Waals surface area contributed by atoms with E-state index in [0.717, 1.165) is 12.8 Å². The minimum absolute atomic E-state index is 0.263. The number of aliphatic hydroxyl groups is 2. The summed E-state index contributed by atoms with van der Waals surface area (Å²) >= 11 is 0. The van der Waals surface area contributed by atoms with Crippen LogP contribution in [0, 0.1) is 5.41 Å². The van der Waals surface area contributed by atoms with E-state index in [1.54, 1.807) is 20.8 Å². The maximum atomic E-state index is 12.1. The van der Waals surface area contributed by atoms with Gasteiger partial charge < -0.3 is 14.9 Å². The topological polar surface area (TPSA) is 66.8 Å². The van der Waals surface area contributed by atoms with Crippen LogP contribution in [0.25, 0.3) is 0 Å². The number of ketones is 1. The first-order valence-electron chi connectivity index (χ1n) is 5.74. The monoisotopic (exact) mass is 232 g/mol. The number of hydrogen-bond donors (Lipinski definition) is 2. The van der Waals surface area contributed by atoms with Gasteiger partial charge in [0.15, 0.2) is 5.78 Å². The molecule has 0 atom stereocenters. The van der Waals surface area contributed by atoms with E-state index in [2.05, 4.69) is 0 Å². The Morgan fingerprint density at radius 3 is 2.06 bits per heavy atom. The maximum Gasteiger partial charge on any atom is 0.174 e. The van der Waals surface area contributed by atoms with Crippen LogP contribution in [0.15, 0.2) is 0 Å². The second kappa shape index (κ2) is 6.33. The summed E-state index contributed by atoms with van der Waals surface area (Å²) in [6.07, 6.45) is 1.90. The van der Waals surface area contributed by atoms with Gasteiger partial charge in [-0.05, 0) is 27.2 Å². The summed E-state index contributed by atoms with van der Waals surface area (Å²) in [7, 11) is 0. The lowest BCUT2D eigenvalue weighted by molar-refractivity contribution is -0.155. The van der Waals surface area contributed by atoms with Crippen molar-refractivity contribution >= 4 is 5.78 Å². The van der Waals surface area contributed by atoms with Crippen molar-refractivity contribution < 1.29 is 19.7 Å². The molecule has 0 aromatic rings. The molecule has 0 heterocycles. The third-order valence-electron chi connectivity index (χ3n) is 2.75. The van der Waals surface area contributed by atoms with Crippen molar-refractivity contribution in [3.05, 3.63) is 0 Å². The molecule has 0 aromatic carbocycles. The van der Waals surface area contributed by atoms with Gasteiger partial charge in [0.25, 0.3) is 0 Å². The molecular weight excluding hydrogens is 208 g/mol. The molecule has 0 amide bonds. The molecular formula is C12H24O4. The predicted octanol–water partition coefficient (Wildman–Crippen LogP) is 1.14. The van der Waals surface area contributed by atoms with E-state index in [1.165, 1.54) is 0 Å². The van der Waals surface area contributed by atoms with Crippen LogP contribution >= 0.6 is 0 Å². The fraction of sp³-hybridized carbons (Fsp3) is 0.917. The van der Waals surface area contributed by atoms with Crippen LogP contribution in [0.3, 0.4) is 0 Å². The quantitative estimate of drug-likeness (QED) is 0.616. The summed E-state index contributed by atoms with van der Waals surface area (Å²) in [4.78, 5) is 12.1. The van der Waals surface area contributed by atoms with Crippen LogP contribution in [0.4, 0.5) is 0 Å². The van der Waals surface area contributed by atoms with Crippen LogP contribution in [-0.4, -0.2) is 41.4 Å². The average molecular weight is 232 g/mol. The summed E-state index contributed by atoms with van der Waals surface area (Å²) in [6, 6.07) is 0. The van der Waals surface area contributed by atoms with Gasteiger partial charge in [-0.3, -0.25) is 4.79 Å². The molecule has 0 fully saturated rings. The van der Waals surface area contributed by atoms with Gasteiger partial charge in [0.2, 0.25) is 0 Å². The van der Waals surface area contributed by atoms with Gasteiger partial charge in [0, 0.05) is 6.61 Å². The molecule has 4 heteroatoms. The van der Waals surface area contributed by atoms with Gasteiger partial charge in [0.1, 0.15) is 5.60 Å². The third kappa shape index (κ3) is 3.85. The summed E-state index contributed by atoms with van der Waals surface area (Å²) in [5, 5.41) is 18.3. The molecule has 16 heavy (non-hydrogen) atoms. The summed E-state index contributed by atoms with van der Waals surface area (Å²) in [6.45, 7) is 6.71. The number of hydrogen-bond acceptors (Lipinski definition) is 4. The van der Waals surface area contributed by atoms with E-state index >= 15 is 0 Å². The molecule has 0 aliphatic carbocycles. The molecule has 0 saturated carbocycles. The van der Waals surface area contributed by atoms with Crippen molar-refractivity contribution in [1.82, 2.24) is 0 Å². The fourth-order valence-corrected chi connectivity index (χ4v) is 1.46. The van der Waals surface area contributed by atoms with E-state index in [-0.39, 0.29) is 19.0 Å². The number of carbonyl (C=O) groups is 1. The SMILES string of the molecule is CCCCOC(C)(C)C(=O)C(C)(CO)CO. The summed E-state index contributed by atoms with van der Waals surface area (Å²) < 4.78 is 5.51. The van der Waals surface area contributed by atoms with Gasteiger partial charge in [-0.1, -0.05) is 13.3 Å². The van der Waals surface area contributed by atoms with Crippen LogP contribution < -0.4 is 0 Å². The Labute approximate surface area is 97.6 Å². The Bertz CT molecular complexity index is 219. The molecule has 2 N–H and O–H groups in total. The van der Waals surface area contributed by atoms with Gasteiger partial charge in [0.05, 0.1) is 18.6 Å². The number of carbonyl (C=O) groups excluding carboxylic acids is 1. The second-order valence-electron chi connectivity index (χ2n) is 4.92. The Balaban J connectivity index is 4.55. The lowest BCUT2D eigenvalue weighted by Crippen LogP contribution is -2.49. The number of unbranched alkanes of at least 4 members (excludes halogenated alkanes) is 1. The zero-order valence-electron chi connectivity index (χ0n) is 10.7. The Hall–Kier alpha value is -0.450. The lowest BCUT2D eigenvalue weighted by Gasteiger charge is -2.33. The van der Waals surface area contributed by atoms with E-state index in [0.29, 0.717) is 6.61 Å². The van der Waals surface area contributed by atoms with Gasteiger partial charge in [-0.2, -0.15) is 0 Å². The summed E-state index contributed by atoms with van der Waals surface area (Å²) in [5.41, 5.74) is -2.09. The van der Waals surface area contributed by atoms with Crippen molar-refractivity contribution in [1.29, 1.82) is 0 Å².